The molecule has 156 valence electrons. The van der Waals surface area contributed by atoms with Gasteiger partial charge in [-0.15, -0.1) is 0 Å². The maximum Gasteiger partial charge on any atom is 0.242 e. The summed E-state index contributed by atoms with van der Waals surface area (Å²) < 4.78 is 28.2. The van der Waals surface area contributed by atoms with Crippen molar-refractivity contribution >= 4 is 44.7 Å². The van der Waals surface area contributed by atoms with Crippen molar-refractivity contribution in [3.63, 3.8) is 0 Å². The van der Waals surface area contributed by atoms with Gasteiger partial charge in [0.1, 0.15) is 6.54 Å². The first-order chi connectivity index (χ1) is 14.4. The Balaban J connectivity index is 1.67. The Labute approximate surface area is 179 Å². The molecule has 1 aromatic heterocycles. The van der Waals surface area contributed by atoms with E-state index in [2.05, 4.69) is 0 Å². The van der Waals surface area contributed by atoms with Crippen molar-refractivity contribution in [3.8, 4) is 0 Å². The topological polar surface area (TPSA) is 79.7 Å². The predicted molar refractivity (Wildman–Crippen MR) is 113 cm³/mol. The zero-order valence-corrected chi connectivity index (χ0v) is 17.6. The molecule has 4 rings (SSSR count). The summed E-state index contributed by atoms with van der Waals surface area (Å²) in [5.74, 6) is -0.114. The lowest BCUT2D eigenvalue weighted by Gasteiger charge is -2.32. The number of amides is 2. The average molecular weight is 446 g/mol. The molecule has 0 unspecified atom stereocenters. The summed E-state index contributed by atoms with van der Waals surface area (Å²) in [6.07, 6.45) is 2.31. The SMILES string of the molecule is O=CN1CCN(C(=O)Cn2cc(S(=O)(=O)c3ccc(Cl)cc3)c3ccccc32)CC1. The van der Waals surface area contributed by atoms with Gasteiger partial charge in [0.05, 0.1) is 9.79 Å². The van der Waals surface area contributed by atoms with Gasteiger partial charge in [0.15, 0.2) is 0 Å². The van der Waals surface area contributed by atoms with Gasteiger partial charge >= 0.3 is 0 Å². The monoisotopic (exact) mass is 445 g/mol. The van der Waals surface area contributed by atoms with Crippen LogP contribution in [-0.4, -0.2) is 61.3 Å². The first-order valence-electron chi connectivity index (χ1n) is 9.46. The molecular weight excluding hydrogens is 426 g/mol. The van der Waals surface area contributed by atoms with Crippen molar-refractivity contribution in [2.75, 3.05) is 26.2 Å². The van der Waals surface area contributed by atoms with Crippen LogP contribution in [0.2, 0.25) is 5.02 Å². The van der Waals surface area contributed by atoms with E-state index in [0.29, 0.717) is 42.1 Å². The van der Waals surface area contributed by atoms with E-state index in [4.69, 9.17) is 11.6 Å². The fourth-order valence-corrected chi connectivity index (χ4v) is 5.22. The highest BCUT2D eigenvalue weighted by molar-refractivity contribution is 7.91. The third-order valence-corrected chi connectivity index (χ3v) is 7.34. The highest BCUT2D eigenvalue weighted by Gasteiger charge is 2.25. The number of sulfone groups is 1. The van der Waals surface area contributed by atoms with Gasteiger partial charge in [0.25, 0.3) is 0 Å². The van der Waals surface area contributed by atoms with Crippen LogP contribution in [0.5, 0.6) is 0 Å². The lowest BCUT2D eigenvalue weighted by atomic mass is 10.2. The normalized spacial score (nSPS) is 14.8. The molecule has 9 heteroatoms. The zero-order chi connectivity index (χ0) is 21.3. The molecule has 2 amide bonds. The molecule has 7 nitrogen and oxygen atoms in total. The van der Waals surface area contributed by atoms with Gasteiger partial charge in [-0.05, 0) is 30.3 Å². The van der Waals surface area contributed by atoms with E-state index >= 15 is 0 Å². The van der Waals surface area contributed by atoms with Gasteiger partial charge in [0.2, 0.25) is 22.2 Å². The fourth-order valence-electron chi connectivity index (χ4n) is 3.62. The molecule has 0 radical (unpaired) electrons. The van der Waals surface area contributed by atoms with Gasteiger partial charge in [0, 0.05) is 48.3 Å². The van der Waals surface area contributed by atoms with E-state index in [9.17, 15) is 18.0 Å². The molecule has 1 saturated heterocycles. The smallest absolute Gasteiger partial charge is 0.242 e. The zero-order valence-electron chi connectivity index (χ0n) is 16.1. The molecule has 2 aromatic carbocycles. The summed E-state index contributed by atoms with van der Waals surface area (Å²) in [6.45, 7) is 1.95. The number of para-hydroxylation sites is 1. The first-order valence-corrected chi connectivity index (χ1v) is 11.3. The highest BCUT2D eigenvalue weighted by Crippen LogP contribution is 2.30. The molecule has 1 fully saturated rings. The average Bonchev–Trinajstić information content (AvgIpc) is 3.13. The molecule has 0 N–H and O–H groups in total. The number of nitrogens with zero attached hydrogens (tertiary/aromatic N) is 3. The van der Waals surface area contributed by atoms with E-state index in [-0.39, 0.29) is 22.2 Å². The predicted octanol–water partition coefficient (Wildman–Crippen LogP) is 2.43. The van der Waals surface area contributed by atoms with Gasteiger partial charge in [-0.2, -0.15) is 0 Å². The second kappa shape index (κ2) is 8.12. The summed E-state index contributed by atoms with van der Waals surface area (Å²) in [7, 11) is -3.78. The largest absolute Gasteiger partial charge is 0.342 e. The lowest BCUT2D eigenvalue weighted by Crippen LogP contribution is -2.48. The molecule has 0 aliphatic carbocycles. The van der Waals surface area contributed by atoms with Crippen molar-refractivity contribution in [1.29, 1.82) is 0 Å². The Bertz CT molecular complexity index is 1200. The van der Waals surface area contributed by atoms with Gasteiger partial charge in [-0.1, -0.05) is 29.8 Å². The Morgan fingerprint density at radius 3 is 2.33 bits per heavy atom. The summed E-state index contributed by atoms with van der Waals surface area (Å²) in [6, 6.07) is 13.1. The fraction of sp³-hybridized carbons (Fsp3) is 0.238. The Morgan fingerprint density at radius 2 is 1.67 bits per heavy atom. The van der Waals surface area contributed by atoms with Crippen molar-refractivity contribution in [2.24, 2.45) is 0 Å². The molecule has 3 aromatic rings. The molecule has 0 saturated carbocycles. The van der Waals surface area contributed by atoms with E-state index in [1.807, 2.05) is 6.07 Å². The number of piperazine rings is 1. The van der Waals surface area contributed by atoms with E-state index in [0.717, 1.165) is 6.41 Å². The Morgan fingerprint density at radius 1 is 1.00 bits per heavy atom. The second-order valence-corrected chi connectivity index (χ2v) is 9.47. The molecular formula is C21H20ClN3O4S. The summed E-state index contributed by atoms with van der Waals surface area (Å²) in [5.41, 5.74) is 0.671. The van der Waals surface area contributed by atoms with Gasteiger partial charge in [-0.3, -0.25) is 9.59 Å². The molecule has 0 bridgehead atoms. The number of rotatable bonds is 5. The molecule has 30 heavy (non-hydrogen) atoms. The van der Waals surface area contributed by atoms with Crippen LogP contribution in [0.15, 0.2) is 64.5 Å². The minimum Gasteiger partial charge on any atom is -0.342 e. The Kier molecular flexibility index (Phi) is 5.53. The number of carbonyl (C=O) groups is 2. The van der Waals surface area contributed by atoms with Crippen LogP contribution in [0, 0.1) is 0 Å². The molecule has 1 aliphatic heterocycles. The van der Waals surface area contributed by atoms with Crippen LogP contribution in [0.25, 0.3) is 10.9 Å². The molecule has 2 heterocycles. The van der Waals surface area contributed by atoms with Gasteiger partial charge in [-0.25, -0.2) is 8.42 Å². The Hall–Kier alpha value is -2.84. The van der Waals surface area contributed by atoms with E-state index in [1.54, 1.807) is 32.6 Å². The summed E-state index contributed by atoms with van der Waals surface area (Å²) >= 11 is 5.89. The number of hydrogen-bond acceptors (Lipinski definition) is 4. The molecule has 0 atom stereocenters. The van der Waals surface area contributed by atoms with Crippen LogP contribution in [0.3, 0.4) is 0 Å². The minimum atomic E-state index is -3.78. The van der Waals surface area contributed by atoms with Crippen LogP contribution < -0.4 is 0 Å². The van der Waals surface area contributed by atoms with Crippen molar-refractivity contribution < 1.29 is 18.0 Å². The number of carbonyl (C=O) groups excluding carboxylic acids is 2. The lowest BCUT2D eigenvalue weighted by molar-refractivity contribution is -0.135. The number of hydrogen-bond donors (Lipinski definition) is 0. The highest BCUT2D eigenvalue weighted by atomic mass is 35.5. The third kappa shape index (κ3) is 3.80. The maximum absolute atomic E-state index is 13.2. The summed E-state index contributed by atoms with van der Waals surface area (Å²) in [5, 5.41) is 1.02. The molecule has 1 aliphatic rings. The van der Waals surface area contributed by atoms with E-state index < -0.39 is 9.84 Å². The summed E-state index contributed by atoms with van der Waals surface area (Å²) in [4.78, 5) is 27.3. The minimum absolute atomic E-state index is 0.0255. The van der Waals surface area contributed by atoms with Crippen LogP contribution in [0.4, 0.5) is 0 Å². The number of fused-ring (bicyclic) bond motifs is 1. The number of aromatic nitrogens is 1. The van der Waals surface area contributed by atoms with Crippen molar-refractivity contribution in [1.82, 2.24) is 14.4 Å². The number of halogens is 1. The van der Waals surface area contributed by atoms with E-state index in [1.165, 1.54) is 30.5 Å². The first kappa shape index (κ1) is 20.4. The standard InChI is InChI=1S/C21H20ClN3O4S/c22-16-5-7-17(8-6-16)30(28,29)20-13-25(19-4-2-1-3-18(19)20)14-21(27)24-11-9-23(15-26)10-12-24/h1-8,13,15H,9-12,14H2. The maximum atomic E-state index is 13.2. The molecule has 0 spiro atoms. The van der Waals surface area contributed by atoms with Crippen LogP contribution >= 0.6 is 11.6 Å². The van der Waals surface area contributed by atoms with Crippen molar-refractivity contribution in [2.45, 2.75) is 16.3 Å². The van der Waals surface area contributed by atoms with Gasteiger partial charge < -0.3 is 14.4 Å². The number of benzene rings is 2. The van der Waals surface area contributed by atoms with Crippen LogP contribution in [0.1, 0.15) is 0 Å². The third-order valence-electron chi connectivity index (χ3n) is 5.29. The second-order valence-electron chi connectivity index (χ2n) is 7.12. The quantitative estimate of drug-likeness (QED) is 0.565. The van der Waals surface area contributed by atoms with Crippen LogP contribution in [-0.2, 0) is 26.0 Å². The van der Waals surface area contributed by atoms with Crippen molar-refractivity contribution in [3.05, 3.63) is 59.8 Å².